The summed E-state index contributed by atoms with van der Waals surface area (Å²) >= 11 is 0. The molecule has 6 aliphatic heterocycles. The van der Waals surface area contributed by atoms with Crippen LogP contribution >= 0.6 is 0 Å². The van der Waals surface area contributed by atoms with Gasteiger partial charge in [0.1, 0.15) is 149 Å². The van der Waals surface area contributed by atoms with Crippen molar-refractivity contribution in [1.29, 1.82) is 0 Å². The molecule has 0 radical (unpaired) electrons. The van der Waals surface area contributed by atoms with Crippen molar-refractivity contribution in [3.05, 3.63) is 0 Å². The highest BCUT2D eigenvalue weighted by Gasteiger charge is 2.54. The first kappa shape index (κ1) is 80.7. The molecule has 0 bridgehead atoms. The molecule has 91 heavy (non-hydrogen) atoms. The van der Waals surface area contributed by atoms with Gasteiger partial charge in [0.2, 0.25) is 0 Å². The minimum absolute atomic E-state index is 0. The molecule has 6 rings (SSSR count). The van der Waals surface area contributed by atoms with Crippen LogP contribution in [0.1, 0.15) is 96.9 Å². The van der Waals surface area contributed by atoms with Gasteiger partial charge in [0.15, 0.2) is 31.3 Å². The van der Waals surface area contributed by atoms with E-state index in [1.807, 2.05) is 6.92 Å². The van der Waals surface area contributed by atoms with Crippen molar-refractivity contribution >= 4 is 41.8 Å². The Hall–Kier alpha value is -4.55. The number of carbonyl (C=O) groups excluding carboxylic acids is 7. The number of aliphatic hydroxyl groups is 12. The van der Waals surface area contributed by atoms with Gasteiger partial charge in [0.05, 0.1) is 24.4 Å². The summed E-state index contributed by atoms with van der Waals surface area (Å²) in [5, 5.41) is 123. The lowest BCUT2D eigenvalue weighted by Crippen LogP contribution is -2.64. The van der Waals surface area contributed by atoms with E-state index in [0.29, 0.717) is 6.42 Å². The highest BCUT2D eigenvalue weighted by Crippen LogP contribution is 2.37. The van der Waals surface area contributed by atoms with Crippen LogP contribution in [0.2, 0.25) is 0 Å². The summed E-state index contributed by atoms with van der Waals surface area (Å²) in [5.41, 5.74) is 0. The molecule has 0 spiro atoms. The lowest BCUT2D eigenvalue weighted by Gasteiger charge is -2.47. The maximum absolute atomic E-state index is 11.7. The van der Waals surface area contributed by atoms with E-state index in [1.165, 1.54) is 48.5 Å². The Labute approximate surface area is 524 Å². The van der Waals surface area contributed by atoms with Gasteiger partial charge in [0, 0.05) is 60.3 Å². The summed E-state index contributed by atoms with van der Waals surface area (Å²) in [6.45, 7) is 15.0. The van der Waals surface area contributed by atoms with Gasteiger partial charge in [-0.1, -0.05) is 28.2 Å². The number of hydrogen-bond donors (Lipinski definition) is 12. The lowest BCUT2D eigenvalue weighted by molar-refractivity contribution is -0.363. The van der Waals surface area contributed by atoms with Crippen LogP contribution in [0.4, 0.5) is 0 Å². The summed E-state index contributed by atoms with van der Waals surface area (Å²) in [5.74, 6) is -5.24. The van der Waals surface area contributed by atoms with E-state index in [2.05, 4.69) is 0 Å². The van der Waals surface area contributed by atoms with Crippen LogP contribution in [0.15, 0.2) is 0 Å². The van der Waals surface area contributed by atoms with E-state index < -0.39 is 238 Å². The molecular weight excluding hydrogens is 1230 g/mol. The van der Waals surface area contributed by atoms with Gasteiger partial charge in [-0.15, -0.1) is 0 Å². The van der Waals surface area contributed by atoms with Gasteiger partial charge >= 0.3 is 41.8 Å². The molecule has 528 valence electrons. The van der Waals surface area contributed by atoms with Gasteiger partial charge in [-0.3, -0.25) is 33.6 Å². The molecule has 0 aliphatic carbocycles. The summed E-state index contributed by atoms with van der Waals surface area (Å²) < 4.78 is 85.8. The molecule has 6 heterocycles. The molecule has 0 aromatic rings. The van der Waals surface area contributed by atoms with Crippen molar-refractivity contribution < 1.29 is 171 Å². The lowest BCUT2D eigenvalue weighted by atomic mass is 9.89. The first-order valence-electron chi connectivity index (χ1n) is 29.1. The number of ether oxygens (including phenoxy) is 16. The van der Waals surface area contributed by atoms with Crippen LogP contribution in [0.3, 0.4) is 0 Å². The van der Waals surface area contributed by atoms with E-state index in [1.54, 1.807) is 13.8 Å². The molecule has 0 aromatic heterocycles. The van der Waals surface area contributed by atoms with Gasteiger partial charge in [-0.05, 0) is 20.3 Å². The quantitative estimate of drug-likeness (QED) is 0.0424. The molecule has 0 saturated carbocycles. The smallest absolute Gasteiger partial charge is 0.303 e. The van der Waals surface area contributed by atoms with E-state index in [-0.39, 0.29) is 27.2 Å². The fraction of sp³-hybridized carbons (Fsp3) is 0.875. The van der Waals surface area contributed by atoms with Gasteiger partial charge in [-0.25, -0.2) is 0 Å². The van der Waals surface area contributed by atoms with Crippen molar-refractivity contribution in [1.82, 2.24) is 0 Å². The first-order chi connectivity index (χ1) is 42.0. The second kappa shape index (κ2) is 36.9. The van der Waals surface area contributed by atoms with Crippen LogP contribution in [0, 0.1) is 11.8 Å². The zero-order chi connectivity index (χ0) is 67.9. The third-order valence-electron chi connectivity index (χ3n) is 15.3. The molecule has 6 fully saturated rings. The average molecular weight is 1330 g/mol. The molecule has 35 heteroatoms. The Morgan fingerprint density at radius 1 is 0.297 bits per heavy atom. The minimum atomic E-state index is -1.73. The van der Waals surface area contributed by atoms with E-state index in [0.717, 1.165) is 13.8 Å². The number of carbonyl (C=O) groups is 7. The van der Waals surface area contributed by atoms with Gasteiger partial charge < -0.3 is 137 Å². The summed E-state index contributed by atoms with van der Waals surface area (Å²) in [6, 6.07) is 0. The monoisotopic (exact) mass is 1330 g/mol. The Morgan fingerprint density at radius 2 is 0.604 bits per heavy atom. The zero-order valence-corrected chi connectivity index (χ0v) is 51.8. The highest BCUT2D eigenvalue weighted by atomic mass is 16.8. The van der Waals surface area contributed by atoms with E-state index in [4.69, 9.17) is 75.8 Å². The number of rotatable bonds is 19. The number of aliphatic hydroxyl groups excluding tert-OH is 12. The first-order valence-corrected chi connectivity index (χ1v) is 29.1. The van der Waals surface area contributed by atoms with Crippen LogP contribution < -0.4 is 0 Å². The molecule has 12 N–H and O–H groups in total. The Morgan fingerprint density at radius 3 is 0.956 bits per heavy atom. The minimum Gasteiger partial charge on any atom is -0.463 e. The van der Waals surface area contributed by atoms with Crippen LogP contribution in [-0.2, 0) is 109 Å². The maximum atomic E-state index is 11.7. The number of hydrogen-bond acceptors (Lipinski definition) is 35. The molecule has 14 unspecified atom stereocenters. The van der Waals surface area contributed by atoms with E-state index in [9.17, 15) is 94.8 Å². The fourth-order valence-corrected chi connectivity index (χ4v) is 10.2. The largest absolute Gasteiger partial charge is 0.463 e. The molecule has 0 aromatic carbocycles. The molecule has 30 atom stereocenters. The molecular formula is C56H94O35. The van der Waals surface area contributed by atoms with Crippen molar-refractivity contribution in [2.45, 2.75) is 269 Å². The Kier molecular flexibility index (Phi) is 32.7. The second-order valence-corrected chi connectivity index (χ2v) is 22.4. The number of esters is 7. The van der Waals surface area contributed by atoms with Crippen LogP contribution in [0.5, 0.6) is 0 Å². The van der Waals surface area contributed by atoms with Gasteiger partial charge in [0.25, 0.3) is 0 Å². The van der Waals surface area contributed by atoms with Crippen LogP contribution in [0.25, 0.3) is 0 Å². The molecule has 35 nitrogen and oxygen atoms in total. The SMILES string of the molecule is C.CC(=O)OCC1O[C@@H](O[C@@H]2C(COC(C)=O)OC(C)[C@@H](O)C2O)[C@@H](O)C(O)[C@@H]1O.CC(=O)OCC1O[C@@H](O[C@@H]2C(COC(C)=O)OC(C)[C@@H](O)C2O)[C@@H](O)C(O)[C@@H]1O.CCC1O[C@H](O[C@H]2OC(COC(C)=O)[C@@H](C)C(O)[C@@H]2O)C(C)[C@H](OC(C)=O)[C@@H]1OC(C)=O. The molecule has 6 saturated heterocycles. The third kappa shape index (κ3) is 22.5. The highest BCUT2D eigenvalue weighted by molar-refractivity contribution is 5.68. The summed E-state index contributed by atoms with van der Waals surface area (Å²) in [7, 11) is 0. The topological polar surface area (TPSA) is 510 Å². The second-order valence-electron chi connectivity index (χ2n) is 22.4. The predicted octanol–water partition coefficient (Wildman–Crippen LogP) is -5.45. The molecule has 0 amide bonds. The Bertz CT molecular complexity index is 2200. The standard InChI is InChI=1S/C21H34O11.2C17H28O12.CH4/c1-7-14-19(29-13(6)24)18(28-12(5)23)10(3)20(30-14)32-21-17(26)16(25)9(2)15(31-21)8-27-11(4)22;2*1-6-11(20)14(23)16(10(27-6)5-26-8(3)19)29-17-15(24)13(22)12(21)9(28-17)4-25-7(2)18;/h9-10,14-21,25-26H,7-8H2,1-6H3;2*6,9-17,20-24H,4-5H2,1-3H3;1H4/t9-,10?,14?,15?,16?,17+,18+,19-,20-,21-;2*6?,9?,10?,11-,12-,13?,14?,15+,16-,17+;/m111./s1. The summed E-state index contributed by atoms with van der Waals surface area (Å²) in [6.07, 6.45) is -35.1. The van der Waals surface area contributed by atoms with Crippen molar-refractivity contribution in [3.8, 4) is 0 Å². The van der Waals surface area contributed by atoms with Crippen LogP contribution in [-0.4, -0.2) is 308 Å². The third-order valence-corrected chi connectivity index (χ3v) is 15.3. The normalized spacial score (nSPS) is 41.3. The molecule has 6 aliphatic rings. The van der Waals surface area contributed by atoms with Crippen molar-refractivity contribution in [2.75, 3.05) is 33.0 Å². The van der Waals surface area contributed by atoms with Gasteiger partial charge in [-0.2, -0.15) is 0 Å². The van der Waals surface area contributed by atoms with E-state index >= 15 is 0 Å². The maximum Gasteiger partial charge on any atom is 0.303 e. The van der Waals surface area contributed by atoms with Crippen molar-refractivity contribution in [2.24, 2.45) is 11.8 Å². The average Bonchev–Trinajstić information content (AvgIpc) is 0.824. The van der Waals surface area contributed by atoms with Crippen molar-refractivity contribution in [3.63, 3.8) is 0 Å². The summed E-state index contributed by atoms with van der Waals surface area (Å²) in [4.78, 5) is 78.7. The Balaban J connectivity index is 0.000000355. The zero-order valence-electron chi connectivity index (χ0n) is 51.8. The predicted molar refractivity (Wildman–Crippen MR) is 296 cm³/mol. The fourth-order valence-electron chi connectivity index (χ4n) is 10.2.